The minimum absolute atomic E-state index is 0.0240. The fourth-order valence-electron chi connectivity index (χ4n) is 3.11. The van der Waals surface area contributed by atoms with Crippen LogP contribution in [0, 0.1) is 12.7 Å². The molecule has 1 heterocycles. The first-order chi connectivity index (χ1) is 12.8. The zero-order valence-electron chi connectivity index (χ0n) is 14.8. The number of fused-ring (bicyclic) bond motifs is 1. The van der Waals surface area contributed by atoms with Crippen LogP contribution in [0.1, 0.15) is 28.5 Å². The molecule has 5 nitrogen and oxygen atoms in total. The maximum Gasteiger partial charge on any atom is 0.310 e. The van der Waals surface area contributed by atoms with Gasteiger partial charge in [-0.15, -0.1) is 0 Å². The van der Waals surface area contributed by atoms with Crippen LogP contribution in [0.3, 0.4) is 0 Å². The molecule has 1 N–H and O–H groups in total. The second-order valence-electron chi connectivity index (χ2n) is 5.99. The molecule has 0 fully saturated rings. The Bertz CT molecular complexity index is 1060. The number of phenols is 1. The highest BCUT2D eigenvalue weighted by molar-refractivity contribution is 6.31. The average molecular weight is 390 g/mol. The number of benzene rings is 2. The first-order valence-electron chi connectivity index (χ1n) is 8.32. The molecule has 0 atom stereocenters. The van der Waals surface area contributed by atoms with Gasteiger partial charge in [-0.2, -0.15) is 0 Å². The lowest BCUT2D eigenvalue weighted by Crippen LogP contribution is -2.14. The summed E-state index contributed by atoms with van der Waals surface area (Å²) in [6.07, 6.45) is -0.216. The molecule has 3 aromatic rings. The highest BCUT2D eigenvalue weighted by Gasteiger charge is 2.25. The summed E-state index contributed by atoms with van der Waals surface area (Å²) >= 11 is 5.97. The maximum absolute atomic E-state index is 14.7. The van der Waals surface area contributed by atoms with E-state index in [9.17, 15) is 19.1 Å². The van der Waals surface area contributed by atoms with Crippen molar-refractivity contribution in [1.29, 1.82) is 0 Å². The summed E-state index contributed by atoms with van der Waals surface area (Å²) in [5.74, 6) is -2.40. The Morgan fingerprint density at radius 1 is 1.26 bits per heavy atom. The summed E-state index contributed by atoms with van der Waals surface area (Å²) in [5.41, 5.74) is 1.27. The number of phenolic OH excluding ortho intramolecular Hbond substituents is 1. The normalized spacial score (nSPS) is 11.0. The molecule has 0 bridgehead atoms. The van der Waals surface area contributed by atoms with Crippen molar-refractivity contribution in [2.24, 2.45) is 0 Å². The summed E-state index contributed by atoms with van der Waals surface area (Å²) in [4.78, 5) is 25.0. The summed E-state index contributed by atoms with van der Waals surface area (Å²) in [6, 6.07) is 9.01. The van der Waals surface area contributed by atoms with E-state index < -0.39 is 23.4 Å². The van der Waals surface area contributed by atoms with Crippen LogP contribution in [0.15, 0.2) is 36.4 Å². The summed E-state index contributed by atoms with van der Waals surface area (Å²) in [7, 11) is 0. The number of hydrogen-bond acceptors (Lipinski definition) is 4. The largest absolute Gasteiger partial charge is 0.505 e. The third-order valence-electron chi connectivity index (χ3n) is 4.32. The molecule has 0 aliphatic rings. The molecule has 0 unspecified atom stereocenters. The molecule has 3 rings (SSSR count). The Kier molecular flexibility index (Phi) is 5.19. The van der Waals surface area contributed by atoms with E-state index in [1.807, 2.05) is 0 Å². The predicted octanol–water partition coefficient (Wildman–Crippen LogP) is 4.24. The van der Waals surface area contributed by atoms with Crippen LogP contribution in [0.4, 0.5) is 4.39 Å². The standard InChI is InChI=1S/C20H17ClFNO4/c1-3-27-17(25)10-14-11(2)23(15-7-8-16(24)19(22)18(14)15)20(26)12-5-4-6-13(21)9-12/h4-9,24H,3,10H2,1-2H3. The van der Waals surface area contributed by atoms with Crippen LogP contribution < -0.4 is 0 Å². The van der Waals surface area contributed by atoms with Crippen molar-refractivity contribution < 1.29 is 23.8 Å². The Morgan fingerprint density at radius 2 is 2.00 bits per heavy atom. The summed E-state index contributed by atoms with van der Waals surface area (Å²) in [5, 5.41) is 10.2. The molecule has 0 aliphatic heterocycles. The third kappa shape index (κ3) is 3.40. The fourth-order valence-corrected chi connectivity index (χ4v) is 3.30. The van der Waals surface area contributed by atoms with E-state index in [1.165, 1.54) is 22.8 Å². The number of esters is 1. The Balaban J connectivity index is 2.24. The lowest BCUT2D eigenvalue weighted by Gasteiger charge is -2.08. The molecule has 2 aromatic carbocycles. The van der Waals surface area contributed by atoms with Crippen molar-refractivity contribution in [3.05, 3.63) is 64.1 Å². The number of hydrogen-bond donors (Lipinski definition) is 1. The molecular weight excluding hydrogens is 373 g/mol. The van der Waals surface area contributed by atoms with Gasteiger partial charge in [0.05, 0.1) is 18.5 Å². The first-order valence-corrected chi connectivity index (χ1v) is 8.70. The van der Waals surface area contributed by atoms with Crippen molar-refractivity contribution in [3.63, 3.8) is 0 Å². The smallest absolute Gasteiger partial charge is 0.310 e. The highest BCUT2D eigenvalue weighted by Crippen LogP contribution is 2.33. The molecule has 0 spiro atoms. The Hall–Kier alpha value is -2.86. The van der Waals surface area contributed by atoms with Gasteiger partial charge in [0, 0.05) is 21.7 Å². The van der Waals surface area contributed by atoms with Gasteiger partial charge < -0.3 is 9.84 Å². The molecule has 0 saturated carbocycles. The van der Waals surface area contributed by atoms with Gasteiger partial charge in [-0.1, -0.05) is 17.7 Å². The fraction of sp³-hybridized carbons (Fsp3) is 0.200. The molecule has 140 valence electrons. The van der Waals surface area contributed by atoms with E-state index in [0.717, 1.165) is 0 Å². The van der Waals surface area contributed by atoms with E-state index in [4.69, 9.17) is 16.3 Å². The first kappa shape index (κ1) is 18.9. The molecule has 0 aliphatic carbocycles. The van der Waals surface area contributed by atoms with Gasteiger partial charge in [0.25, 0.3) is 5.91 Å². The minimum Gasteiger partial charge on any atom is -0.505 e. The predicted molar refractivity (Wildman–Crippen MR) is 99.8 cm³/mol. The molecule has 27 heavy (non-hydrogen) atoms. The van der Waals surface area contributed by atoms with Crippen molar-refractivity contribution in [2.75, 3.05) is 6.61 Å². The van der Waals surface area contributed by atoms with Crippen LogP contribution >= 0.6 is 11.6 Å². The van der Waals surface area contributed by atoms with E-state index in [-0.39, 0.29) is 23.9 Å². The third-order valence-corrected chi connectivity index (χ3v) is 4.55. The van der Waals surface area contributed by atoms with Gasteiger partial charge in [0.2, 0.25) is 0 Å². The van der Waals surface area contributed by atoms with Crippen LogP contribution in [0.2, 0.25) is 5.02 Å². The number of rotatable bonds is 4. The van der Waals surface area contributed by atoms with Gasteiger partial charge in [-0.3, -0.25) is 14.2 Å². The van der Waals surface area contributed by atoms with E-state index >= 15 is 0 Å². The average Bonchev–Trinajstić information content (AvgIpc) is 2.90. The number of carbonyl (C=O) groups excluding carboxylic acids is 2. The topological polar surface area (TPSA) is 68.5 Å². The van der Waals surface area contributed by atoms with Crippen LogP contribution in [0.25, 0.3) is 10.9 Å². The SMILES string of the molecule is CCOC(=O)Cc1c(C)n(C(=O)c2cccc(Cl)c2)c2ccc(O)c(F)c12. The molecular formula is C20H17ClFNO4. The van der Waals surface area contributed by atoms with Crippen molar-refractivity contribution >= 4 is 34.4 Å². The van der Waals surface area contributed by atoms with Crippen LogP contribution in [-0.4, -0.2) is 28.2 Å². The molecule has 0 amide bonds. The number of nitrogens with zero attached hydrogens (tertiary/aromatic N) is 1. The lowest BCUT2D eigenvalue weighted by molar-refractivity contribution is -0.142. The highest BCUT2D eigenvalue weighted by atomic mass is 35.5. The Labute approximate surface area is 159 Å². The molecule has 1 aromatic heterocycles. The van der Waals surface area contributed by atoms with Crippen LogP contribution in [0.5, 0.6) is 5.75 Å². The number of ether oxygens (including phenoxy) is 1. The van der Waals surface area contributed by atoms with Gasteiger partial charge in [0.15, 0.2) is 11.6 Å². The van der Waals surface area contributed by atoms with E-state index in [1.54, 1.807) is 32.0 Å². The monoisotopic (exact) mass is 389 g/mol. The van der Waals surface area contributed by atoms with Gasteiger partial charge in [-0.05, 0) is 49.7 Å². The molecule has 7 heteroatoms. The van der Waals surface area contributed by atoms with Gasteiger partial charge >= 0.3 is 5.97 Å². The maximum atomic E-state index is 14.7. The van der Waals surface area contributed by atoms with Gasteiger partial charge in [0.1, 0.15) is 0 Å². The summed E-state index contributed by atoms with van der Waals surface area (Å²) < 4.78 is 20.9. The number of halogens is 2. The minimum atomic E-state index is -0.882. The second-order valence-corrected chi connectivity index (χ2v) is 6.43. The van der Waals surface area contributed by atoms with E-state index in [0.29, 0.717) is 21.8 Å². The van der Waals surface area contributed by atoms with Crippen LogP contribution in [-0.2, 0) is 16.0 Å². The number of carbonyl (C=O) groups is 2. The molecule has 0 radical (unpaired) electrons. The lowest BCUT2D eigenvalue weighted by atomic mass is 10.1. The number of aromatic hydroxyl groups is 1. The summed E-state index contributed by atoms with van der Waals surface area (Å²) in [6.45, 7) is 3.47. The van der Waals surface area contributed by atoms with Crippen molar-refractivity contribution in [3.8, 4) is 5.75 Å². The zero-order chi connectivity index (χ0) is 19.7. The zero-order valence-corrected chi connectivity index (χ0v) is 15.5. The van der Waals surface area contributed by atoms with E-state index in [2.05, 4.69) is 0 Å². The number of aromatic nitrogens is 1. The quantitative estimate of drug-likeness (QED) is 0.677. The van der Waals surface area contributed by atoms with Crippen molar-refractivity contribution in [2.45, 2.75) is 20.3 Å². The van der Waals surface area contributed by atoms with Crippen molar-refractivity contribution in [1.82, 2.24) is 4.57 Å². The second kappa shape index (κ2) is 7.40. The molecule has 0 saturated heterocycles. The Morgan fingerprint density at radius 3 is 2.67 bits per heavy atom. The van der Waals surface area contributed by atoms with Gasteiger partial charge in [-0.25, -0.2) is 4.39 Å².